The molecule has 1 aliphatic heterocycles. The van der Waals surface area contributed by atoms with Gasteiger partial charge in [0.1, 0.15) is 11.9 Å². The standard InChI is InChI=1S/C49H59N7O6/c1-28(2)42(53-48(59)61-5)47(58)55-24-10-15-41(55)44-37-14-9-13-36(37)43(52-44)31-18-16-30(17-19-31)32-20-21-34-26-35(23-22-33(34)25-32)40-27-50-45(51-40)38-11-7-8-12-39(38)46(57)56(29(3)4)54-49(60)62-6/h16-23,25-29,38-39,41-42,52H,7-15,24H2,1-6H3,(H,50,51)(H,53,59)(H,54,60)/t38?,39?,41-,42-/m0/s1. The summed E-state index contributed by atoms with van der Waals surface area (Å²) in [5.41, 5.74) is 12.9. The first-order valence-electron chi connectivity index (χ1n) is 22.2. The second kappa shape index (κ2) is 18.1. The summed E-state index contributed by atoms with van der Waals surface area (Å²) in [5, 5.41) is 6.41. The SMILES string of the molecule is COC(=O)N[C@H](C(=O)N1CCC[C@H]1c1[nH]c(-c2ccc(-c3ccc4cc(-c5cnc(C6CCCCC6C(=O)N(NC(=O)OC)C(C)C)[nH]5)ccc4c3)cc2)c2c1CCC2)C(C)C. The van der Waals surface area contributed by atoms with Gasteiger partial charge < -0.3 is 29.7 Å². The van der Waals surface area contributed by atoms with Crippen LogP contribution in [0, 0.1) is 11.8 Å². The van der Waals surface area contributed by atoms with Crippen LogP contribution in [0.15, 0.2) is 66.9 Å². The number of hydrogen-bond donors (Lipinski definition) is 4. The third kappa shape index (κ3) is 8.41. The Kier molecular flexibility index (Phi) is 12.4. The lowest BCUT2D eigenvalue weighted by molar-refractivity contribution is -0.142. The van der Waals surface area contributed by atoms with E-state index in [0.717, 1.165) is 114 Å². The number of imidazole rings is 1. The van der Waals surface area contributed by atoms with Crippen LogP contribution in [0.5, 0.6) is 0 Å². The zero-order valence-electron chi connectivity index (χ0n) is 36.7. The molecule has 0 radical (unpaired) electrons. The summed E-state index contributed by atoms with van der Waals surface area (Å²) in [6.07, 6.45) is 8.99. The molecule has 4 amide bonds. The molecule has 326 valence electrons. The number of carbonyl (C=O) groups is 4. The van der Waals surface area contributed by atoms with Crippen molar-refractivity contribution in [2.45, 2.75) is 110 Å². The molecule has 2 fully saturated rings. The number of rotatable bonds is 10. The topological polar surface area (TPSA) is 162 Å². The molecule has 2 aliphatic carbocycles. The Hall–Kier alpha value is -6.11. The van der Waals surface area contributed by atoms with Gasteiger partial charge in [0.15, 0.2) is 0 Å². The van der Waals surface area contributed by atoms with Crippen molar-refractivity contribution >= 4 is 34.8 Å². The third-order valence-corrected chi connectivity index (χ3v) is 13.2. The molecule has 1 saturated carbocycles. The minimum atomic E-state index is -0.663. The van der Waals surface area contributed by atoms with Crippen LogP contribution < -0.4 is 10.7 Å². The second-order valence-corrected chi connectivity index (χ2v) is 17.7. The maximum absolute atomic E-state index is 13.9. The van der Waals surface area contributed by atoms with E-state index in [1.165, 1.54) is 30.4 Å². The largest absolute Gasteiger partial charge is 0.453 e. The first-order valence-corrected chi connectivity index (χ1v) is 22.2. The van der Waals surface area contributed by atoms with Crippen molar-refractivity contribution in [3.8, 4) is 33.6 Å². The zero-order chi connectivity index (χ0) is 43.7. The molecule has 0 spiro atoms. The fourth-order valence-corrected chi connectivity index (χ4v) is 9.95. The molecule has 2 unspecified atom stereocenters. The zero-order valence-corrected chi connectivity index (χ0v) is 36.7. The van der Waals surface area contributed by atoms with Gasteiger partial charge in [-0.2, -0.15) is 0 Å². The van der Waals surface area contributed by atoms with E-state index in [9.17, 15) is 19.2 Å². The highest BCUT2D eigenvalue weighted by molar-refractivity contribution is 5.91. The number of aromatic nitrogens is 3. The van der Waals surface area contributed by atoms with Crippen molar-refractivity contribution in [3.63, 3.8) is 0 Å². The molecule has 62 heavy (non-hydrogen) atoms. The van der Waals surface area contributed by atoms with Gasteiger partial charge in [-0.15, -0.1) is 0 Å². The summed E-state index contributed by atoms with van der Waals surface area (Å²) >= 11 is 0. The van der Waals surface area contributed by atoms with Crippen LogP contribution in [0.25, 0.3) is 44.4 Å². The number of amides is 4. The van der Waals surface area contributed by atoms with E-state index in [0.29, 0.717) is 6.54 Å². The number of ether oxygens (including phenoxy) is 2. The van der Waals surface area contributed by atoms with E-state index in [1.807, 2.05) is 38.8 Å². The van der Waals surface area contributed by atoms with Gasteiger partial charge in [0, 0.05) is 41.4 Å². The summed E-state index contributed by atoms with van der Waals surface area (Å²) < 4.78 is 9.62. The Morgan fingerprint density at radius 1 is 0.758 bits per heavy atom. The lowest BCUT2D eigenvalue weighted by atomic mass is 9.78. The molecule has 3 heterocycles. The van der Waals surface area contributed by atoms with Crippen molar-refractivity contribution in [1.82, 2.24) is 35.6 Å². The summed E-state index contributed by atoms with van der Waals surface area (Å²) in [4.78, 5) is 66.0. The number of aromatic amines is 2. The number of hydrogen-bond acceptors (Lipinski definition) is 7. The molecule has 0 bridgehead atoms. The Bertz CT molecular complexity index is 2450. The lowest BCUT2D eigenvalue weighted by Crippen LogP contribution is -2.53. The monoisotopic (exact) mass is 841 g/mol. The maximum atomic E-state index is 13.9. The van der Waals surface area contributed by atoms with Crippen LogP contribution in [-0.4, -0.2) is 81.7 Å². The van der Waals surface area contributed by atoms with Gasteiger partial charge in [0.25, 0.3) is 0 Å². The van der Waals surface area contributed by atoms with Crippen LogP contribution >= 0.6 is 0 Å². The molecule has 4 N–H and O–H groups in total. The molecule has 4 atom stereocenters. The number of nitrogens with one attached hydrogen (secondary N) is 4. The molecule has 5 aromatic rings. The number of fused-ring (bicyclic) bond motifs is 2. The summed E-state index contributed by atoms with van der Waals surface area (Å²) in [6, 6.07) is 20.8. The minimum Gasteiger partial charge on any atom is -0.453 e. The molecule has 3 aliphatic rings. The van der Waals surface area contributed by atoms with E-state index in [2.05, 4.69) is 81.4 Å². The van der Waals surface area contributed by atoms with Crippen molar-refractivity contribution in [2.24, 2.45) is 11.8 Å². The molecule has 3 aromatic carbocycles. The fourth-order valence-electron chi connectivity index (χ4n) is 9.95. The first-order chi connectivity index (χ1) is 29.9. The Morgan fingerprint density at radius 2 is 1.42 bits per heavy atom. The average Bonchev–Trinajstić information content (AvgIpc) is 4.12. The molecule has 1 saturated heterocycles. The molecular formula is C49H59N7O6. The van der Waals surface area contributed by atoms with Gasteiger partial charge in [-0.1, -0.05) is 75.2 Å². The van der Waals surface area contributed by atoms with Crippen LogP contribution in [0.1, 0.15) is 107 Å². The van der Waals surface area contributed by atoms with Gasteiger partial charge in [0.05, 0.1) is 32.2 Å². The van der Waals surface area contributed by atoms with Gasteiger partial charge >= 0.3 is 12.2 Å². The smallest absolute Gasteiger partial charge is 0.425 e. The second-order valence-electron chi connectivity index (χ2n) is 17.7. The first kappa shape index (κ1) is 42.6. The quantitative estimate of drug-likeness (QED) is 0.102. The van der Waals surface area contributed by atoms with E-state index in [1.54, 1.807) is 0 Å². The van der Waals surface area contributed by atoms with Crippen LogP contribution in [0.2, 0.25) is 0 Å². The van der Waals surface area contributed by atoms with E-state index in [4.69, 9.17) is 14.5 Å². The highest BCUT2D eigenvalue weighted by Gasteiger charge is 2.40. The highest BCUT2D eigenvalue weighted by Crippen LogP contribution is 2.43. The van der Waals surface area contributed by atoms with Crippen LogP contribution in [0.3, 0.4) is 0 Å². The Balaban J connectivity index is 0.985. The highest BCUT2D eigenvalue weighted by atomic mass is 16.5. The van der Waals surface area contributed by atoms with Crippen molar-refractivity contribution in [1.29, 1.82) is 0 Å². The molecule has 8 rings (SSSR count). The summed E-state index contributed by atoms with van der Waals surface area (Å²) in [5.74, 6) is 0.125. The number of alkyl carbamates (subject to hydrolysis) is 1. The van der Waals surface area contributed by atoms with E-state index < -0.39 is 18.2 Å². The number of methoxy groups -OCH3 is 2. The molecule has 13 nitrogen and oxygen atoms in total. The average molecular weight is 842 g/mol. The van der Waals surface area contributed by atoms with Crippen molar-refractivity contribution < 1.29 is 28.7 Å². The fraction of sp³-hybridized carbons (Fsp3) is 0.449. The van der Waals surface area contributed by atoms with Crippen LogP contribution in [-0.2, 0) is 31.9 Å². The van der Waals surface area contributed by atoms with E-state index >= 15 is 0 Å². The molecule has 2 aromatic heterocycles. The Morgan fingerprint density at radius 3 is 2.13 bits per heavy atom. The van der Waals surface area contributed by atoms with E-state index in [-0.39, 0.29) is 41.7 Å². The van der Waals surface area contributed by atoms with Gasteiger partial charge in [-0.25, -0.2) is 25.0 Å². The number of H-pyrrole nitrogens is 2. The third-order valence-electron chi connectivity index (χ3n) is 13.2. The molecular weight excluding hydrogens is 783 g/mol. The molecule has 13 heteroatoms. The van der Waals surface area contributed by atoms with Crippen molar-refractivity contribution in [3.05, 3.63) is 89.5 Å². The van der Waals surface area contributed by atoms with Crippen LogP contribution in [0.4, 0.5) is 9.59 Å². The number of nitrogens with zero attached hydrogens (tertiary/aromatic N) is 3. The predicted octanol–water partition coefficient (Wildman–Crippen LogP) is 9.21. The van der Waals surface area contributed by atoms with Gasteiger partial charge in [0.2, 0.25) is 11.8 Å². The normalized spacial score (nSPS) is 19.1. The van der Waals surface area contributed by atoms with Gasteiger partial charge in [-0.05, 0) is 115 Å². The number of benzene rings is 3. The number of carbonyl (C=O) groups excluding carboxylic acids is 4. The minimum absolute atomic E-state index is 0.0596. The number of hydrazine groups is 1. The Labute approximate surface area is 363 Å². The maximum Gasteiger partial charge on any atom is 0.425 e. The van der Waals surface area contributed by atoms with Crippen molar-refractivity contribution in [2.75, 3.05) is 20.8 Å². The lowest BCUT2D eigenvalue weighted by Gasteiger charge is -2.35. The summed E-state index contributed by atoms with van der Waals surface area (Å²) in [6.45, 7) is 8.29. The summed E-state index contributed by atoms with van der Waals surface area (Å²) in [7, 11) is 2.61. The predicted molar refractivity (Wildman–Crippen MR) is 239 cm³/mol. The van der Waals surface area contributed by atoms with Gasteiger partial charge in [-0.3, -0.25) is 9.59 Å². The number of likely N-dealkylation sites (tertiary alicyclic amines) is 1.